The highest BCUT2D eigenvalue weighted by molar-refractivity contribution is 8.00. The topological polar surface area (TPSA) is 106 Å². The number of sulfone groups is 1. The first-order valence-corrected chi connectivity index (χ1v) is 30.3. The summed E-state index contributed by atoms with van der Waals surface area (Å²) in [7, 11) is -9.20. The summed E-state index contributed by atoms with van der Waals surface area (Å²) in [6.45, 7) is 15.5. The van der Waals surface area contributed by atoms with Crippen molar-refractivity contribution in [2.45, 2.75) is 111 Å². The third-order valence-corrected chi connectivity index (χ3v) is 21.2. The lowest BCUT2D eigenvalue weighted by molar-refractivity contribution is 0.101. The van der Waals surface area contributed by atoms with Crippen LogP contribution in [0.1, 0.15) is 66.0 Å². The fraction of sp³-hybridized carbons (Fsp3) is 0.169. The number of halogens is 8. The normalized spacial score (nSPS) is 11.9. The molecule has 0 saturated carbocycles. The van der Waals surface area contributed by atoms with Gasteiger partial charge in [0.05, 0.1) is 14.7 Å². The Morgan fingerprint density at radius 3 is 1.13 bits per heavy atom. The Hall–Kier alpha value is -5.87. The van der Waals surface area contributed by atoms with Crippen LogP contribution in [0.5, 0.6) is 0 Å². The first kappa shape index (κ1) is 59.3. The van der Waals surface area contributed by atoms with Gasteiger partial charge in [-0.2, -0.15) is 8.42 Å². The van der Waals surface area contributed by atoms with Gasteiger partial charge >= 0.3 is 0 Å². The Labute approximate surface area is 469 Å². The molecule has 0 atom stereocenters. The lowest BCUT2D eigenvalue weighted by Gasteiger charge is -2.17. The van der Waals surface area contributed by atoms with Crippen LogP contribution in [0.2, 0.25) is 0 Å². The van der Waals surface area contributed by atoms with Crippen molar-refractivity contribution >= 4 is 72.8 Å². The standard InChI is InChI=1S/C59H46F8O6S6/c1-26-17-35(18-27(2)55(26)74-10)37-21-30(5)57(31(6)22-37)76-42-16-15-41(25-43(42)79(71,72)73)78(69,70)40-13-11-39(12-14-40)75-56-28(3)19-36(20-29(56)4)38-23-32(7)58(33(8)24-38)77-59-52(66)50(64)45(51(65)53(59)67)54(68)44-48(62)46(60)34(9)47(61)49(44)63/h11-25H,1-10H3,(H,71,72,73). The first-order chi connectivity index (χ1) is 37.0. The van der Waals surface area contributed by atoms with Crippen molar-refractivity contribution in [3.05, 3.63) is 199 Å². The Morgan fingerprint density at radius 1 is 0.405 bits per heavy atom. The van der Waals surface area contributed by atoms with Crippen molar-refractivity contribution in [3.8, 4) is 22.3 Å². The molecule has 0 radical (unpaired) electrons. The zero-order valence-electron chi connectivity index (χ0n) is 43.6. The van der Waals surface area contributed by atoms with Crippen molar-refractivity contribution in [1.29, 1.82) is 0 Å². The van der Waals surface area contributed by atoms with Crippen molar-refractivity contribution in [2.75, 3.05) is 6.26 Å². The van der Waals surface area contributed by atoms with Crippen LogP contribution in [0.25, 0.3) is 22.3 Å². The van der Waals surface area contributed by atoms with Crippen LogP contribution in [-0.2, 0) is 20.0 Å². The van der Waals surface area contributed by atoms with E-state index in [0.29, 0.717) is 28.5 Å². The second kappa shape index (κ2) is 22.6. The largest absolute Gasteiger partial charge is 0.295 e. The number of rotatable bonds is 14. The van der Waals surface area contributed by atoms with Crippen LogP contribution < -0.4 is 0 Å². The molecule has 0 saturated heterocycles. The molecule has 1 N–H and O–H groups in total. The Balaban J connectivity index is 1.00. The van der Waals surface area contributed by atoms with Gasteiger partial charge in [-0.05, 0) is 178 Å². The maximum absolute atomic E-state index is 15.6. The molecule has 0 aliphatic rings. The molecule has 410 valence electrons. The lowest BCUT2D eigenvalue weighted by Crippen LogP contribution is -2.18. The van der Waals surface area contributed by atoms with Gasteiger partial charge in [-0.3, -0.25) is 9.35 Å². The van der Waals surface area contributed by atoms with E-state index < -0.39 is 98.8 Å². The molecule has 0 fully saturated rings. The molecule has 0 unspecified atom stereocenters. The van der Waals surface area contributed by atoms with Crippen LogP contribution in [0.15, 0.2) is 140 Å². The van der Waals surface area contributed by atoms with E-state index in [4.69, 9.17) is 0 Å². The predicted octanol–water partition coefficient (Wildman–Crippen LogP) is 17.4. The molecule has 0 spiro atoms. The zero-order valence-corrected chi connectivity index (χ0v) is 48.5. The molecule has 0 aliphatic carbocycles. The number of benzene rings is 8. The second-order valence-corrected chi connectivity index (χ2v) is 26.2. The number of ketones is 1. The van der Waals surface area contributed by atoms with E-state index in [1.54, 1.807) is 49.9 Å². The average molecular weight is 1200 g/mol. The van der Waals surface area contributed by atoms with Gasteiger partial charge in [-0.15, -0.1) is 11.8 Å². The van der Waals surface area contributed by atoms with Crippen molar-refractivity contribution in [3.63, 3.8) is 0 Å². The Bertz CT molecular complexity index is 3980. The predicted molar refractivity (Wildman–Crippen MR) is 295 cm³/mol. The van der Waals surface area contributed by atoms with Gasteiger partial charge in [0.2, 0.25) is 15.6 Å². The average Bonchev–Trinajstić information content (AvgIpc) is 3.47. The third kappa shape index (κ3) is 11.3. The van der Waals surface area contributed by atoms with E-state index >= 15 is 17.6 Å². The van der Waals surface area contributed by atoms with Crippen LogP contribution in [0.3, 0.4) is 0 Å². The summed E-state index contributed by atoms with van der Waals surface area (Å²) in [6, 6.07) is 25.0. The van der Waals surface area contributed by atoms with E-state index in [0.717, 1.165) is 77.7 Å². The van der Waals surface area contributed by atoms with Gasteiger partial charge < -0.3 is 0 Å². The minimum atomic E-state index is -4.90. The molecule has 0 amide bonds. The van der Waals surface area contributed by atoms with Crippen molar-refractivity contribution in [1.82, 2.24) is 0 Å². The molecule has 8 rings (SSSR count). The lowest BCUT2D eigenvalue weighted by atomic mass is 9.97. The third-order valence-electron chi connectivity index (χ3n) is 13.1. The van der Waals surface area contributed by atoms with Crippen LogP contribution >= 0.6 is 47.0 Å². The van der Waals surface area contributed by atoms with Crippen LogP contribution in [0.4, 0.5) is 35.1 Å². The fourth-order valence-corrected chi connectivity index (χ4v) is 15.4. The molecule has 20 heteroatoms. The number of hydrogen-bond acceptors (Lipinski definition) is 9. The summed E-state index contributed by atoms with van der Waals surface area (Å²) < 4.78 is 184. The number of carbonyl (C=O) groups excluding carboxylic acids is 1. The fourth-order valence-electron chi connectivity index (χ4n) is 9.33. The highest BCUT2D eigenvalue weighted by Crippen LogP contribution is 2.45. The first-order valence-electron chi connectivity index (χ1n) is 23.7. The highest BCUT2D eigenvalue weighted by Gasteiger charge is 2.36. The van der Waals surface area contributed by atoms with E-state index in [1.807, 2.05) is 58.2 Å². The van der Waals surface area contributed by atoms with Gasteiger partial charge in [0, 0.05) is 34.9 Å². The molecular weight excluding hydrogens is 1150 g/mol. The molecule has 79 heavy (non-hydrogen) atoms. The quantitative estimate of drug-likeness (QED) is 0.0372. The molecule has 8 aromatic rings. The summed E-state index contributed by atoms with van der Waals surface area (Å²) >= 11 is 4.44. The van der Waals surface area contributed by atoms with Gasteiger partial charge in [0.15, 0.2) is 46.5 Å². The number of aryl methyl sites for hydroxylation is 8. The van der Waals surface area contributed by atoms with Crippen molar-refractivity contribution in [2.24, 2.45) is 0 Å². The summed E-state index contributed by atoms with van der Waals surface area (Å²) in [5, 5.41) is 0. The van der Waals surface area contributed by atoms with E-state index in [9.17, 15) is 43.7 Å². The molecular formula is C59H46F8O6S6. The molecule has 0 bridgehead atoms. The second-order valence-electron chi connectivity index (χ2n) is 18.9. The Kier molecular flexibility index (Phi) is 16.9. The van der Waals surface area contributed by atoms with Crippen molar-refractivity contribution < 1.29 is 61.3 Å². The Morgan fingerprint density at radius 2 is 0.747 bits per heavy atom. The minimum Gasteiger partial charge on any atom is -0.288 e. The molecule has 8 aromatic carbocycles. The maximum Gasteiger partial charge on any atom is 0.295 e. The smallest absolute Gasteiger partial charge is 0.288 e. The minimum absolute atomic E-state index is 0.122. The van der Waals surface area contributed by atoms with Crippen LogP contribution in [0, 0.1) is 109 Å². The summed E-state index contributed by atoms with van der Waals surface area (Å²) in [6.07, 6.45) is 2.04. The number of carbonyl (C=O) groups is 1. The van der Waals surface area contributed by atoms with E-state index in [1.165, 1.54) is 40.9 Å². The molecule has 0 aliphatic heterocycles. The molecule has 0 aromatic heterocycles. The SMILES string of the molecule is CSc1c(C)cc(-c2cc(C)c(Sc3ccc(S(=O)(=O)c4ccc(Sc5c(C)cc(-c6cc(C)c(Sc7c(F)c(F)c(C(=O)c8c(F)c(F)c(C)c(F)c8F)c(F)c7F)c(C)c6)cc5C)cc4)cc3S(=O)(=O)O)c(C)c2)cc1C. The highest BCUT2D eigenvalue weighted by atomic mass is 32.2. The van der Waals surface area contributed by atoms with Crippen LogP contribution in [-0.4, -0.2) is 33.4 Å². The summed E-state index contributed by atoms with van der Waals surface area (Å²) in [5.41, 5.74) is 4.55. The molecule has 0 heterocycles. The van der Waals surface area contributed by atoms with Gasteiger partial charge in [-0.25, -0.2) is 43.5 Å². The zero-order chi connectivity index (χ0) is 58.1. The monoisotopic (exact) mass is 1190 g/mol. The van der Waals surface area contributed by atoms with Gasteiger partial charge in [-0.1, -0.05) is 83.8 Å². The number of hydrogen-bond donors (Lipinski definition) is 1. The summed E-state index contributed by atoms with van der Waals surface area (Å²) in [4.78, 5) is 14.4. The maximum atomic E-state index is 15.6. The number of thioether (sulfide) groups is 1. The van der Waals surface area contributed by atoms with E-state index in [-0.39, 0.29) is 31.3 Å². The van der Waals surface area contributed by atoms with E-state index in [2.05, 4.69) is 26.0 Å². The molecule has 6 nitrogen and oxygen atoms in total. The van der Waals surface area contributed by atoms with Gasteiger partial charge in [0.1, 0.15) is 16.0 Å². The van der Waals surface area contributed by atoms with Gasteiger partial charge in [0.25, 0.3) is 10.1 Å². The summed E-state index contributed by atoms with van der Waals surface area (Å²) in [5.74, 6) is -19.9.